The minimum Gasteiger partial charge on any atom is -0.396 e. The zero-order valence-corrected chi connectivity index (χ0v) is 10.9. The molecule has 90 valence electrons. The smallest absolute Gasteiger partial charge is 0.0499 e. The topological polar surface area (TPSA) is 20.2 Å². The lowest BCUT2D eigenvalue weighted by Gasteiger charge is -2.14. The number of thiophene rings is 1. The van der Waals surface area contributed by atoms with Gasteiger partial charge in [0.05, 0.1) is 0 Å². The van der Waals surface area contributed by atoms with Gasteiger partial charge in [-0.3, -0.25) is 0 Å². The van der Waals surface area contributed by atoms with Gasteiger partial charge < -0.3 is 5.11 Å². The van der Waals surface area contributed by atoms with Gasteiger partial charge in [0.1, 0.15) is 0 Å². The highest BCUT2D eigenvalue weighted by Crippen LogP contribution is 2.23. The number of aryl methyl sites for hydroxylation is 2. The monoisotopic (exact) mass is 246 g/mol. The van der Waals surface area contributed by atoms with Crippen LogP contribution in [0.2, 0.25) is 0 Å². The summed E-state index contributed by atoms with van der Waals surface area (Å²) in [4.78, 5) is 1.40. The summed E-state index contributed by atoms with van der Waals surface area (Å²) in [6, 6.07) is 12.7. The van der Waals surface area contributed by atoms with E-state index in [0.717, 1.165) is 12.8 Å². The zero-order valence-electron chi connectivity index (χ0n) is 10.1. The fourth-order valence-corrected chi connectivity index (χ4v) is 2.70. The Morgan fingerprint density at radius 3 is 2.53 bits per heavy atom. The predicted molar refractivity (Wildman–Crippen MR) is 73.6 cm³/mol. The minimum atomic E-state index is 0.231. The lowest BCUT2D eigenvalue weighted by molar-refractivity contribution is 0.259. The van der Waals surface area contributed by atoms with Crippen LogP contribution in [0.4, 0.5) is 0 Å². The van der Waals surface area contributed by atoms with Crippen LogP contribution in [0.3, 0.4) is 0 Å². The van der Waals surface area contributed by atoms with Crippen molar-refractivity contribution in [1.29, 1.82) is 0 Å². The highest BCUT2D eigenvalue weighted by Gasteiger charge is 2.10. The van der Waals surface area contributed by atoms with Crippen molar-refractivity contribution in [1.82, 2.24) is 0 Å². The first-order chi connectivity index (χ1) is 8.29. The van der Waals surface area contributed by atoms with Crippen molar-refractivity contribution in [2.45, 2.75) is 25.7 Å². The van der Waals surface area contributed by atoms with Gasteiger partial charge in [-0.15, -0.1) is 11.3 Å². The van der Waals surface area contributed by atoms with Crippen LogP contribution in [0.5, 0.6) is 0 Å². The van der Waals surface area contributed by atoms with Gasteiger partial charge in [-0.2, -0.15) is 0 Å². The molecule has 1 nitrogen and oxygen atoms in total. The zero-order chi connectivity index (χ0) is 12.1. The van der Waals surface area contributed by atoms with Gasteiger partial charge in [0.25, 0.3) is 0 Å². The number of benzene rings is 1. The van der Waals surface area contributed by atoms with Crippen LogP contribution in [0.15, 0.2) is 41.8 Å². The van der Waals surface area contributed by atoms with Gasteiger partial charge >= 0.3 is 0 Å². The largest absolute Gasteiger partial charge is 0.396 e. The van der Waals surface area contributed by atoms with Crippen molar-refractivity contribution < 1.29 is 5.11 Å². The fourth-order valence-electron chi connectivity index (χ4n) is 1.97. The lowest BCUT2D eigenvalue weighted by Crippen LogP contribution is -2.05. The van der Waals surface area contributed by atoms with E-state index in [1.54, 1.807) is 11.3 Å². The summed E-state index contributed by atoms with van der Waals surface area (Å²) in [5.41, 5.74) is 2.51. The van der Waals surface area contributed by atoms with Crippen LogP contribution in [-0.4, -0.2) is 11.7 Å². The maximum atomic E-state index is 9.48. The first kappa shape index (κ1) is 12.3. The molecule has 2 rings (SSSR count). The van der Waals surface area contributed by atoms with Gasteiger partial charge in [0, 0.05) is 17.4 Å². The van der Waals surface area contributed by atoms with E-state index in [1.807, 2.05) is 0 Å². The van der Waals surface area contributed by atoms with E-state index < -0.39 is 0 Å². The molecular formula is C15H18OS. The molecule has 1 aromatic carbocycles. The molecule has 0 radical (unpaired) electrons. The average Bonchev–Trinajstić information content (AvgIpc) is 2.85. The predicted octanol–water partition coefficient (Wildman–Crippen LogP) is 3.77. The number of aliphatic hydroxyl groups is 1. The molecule has 0 saturated heterocycles. The van der Waals surface area contributed by atoms with E-state index in [0.29, 0.717) is 0 Å². The molecule has 0 bridgehead atoms. The van der Waals surface area contributed by atoms with Crippen LogP contribution in [0, 0.1) is 6.92 Å². The summed E-state index contributed by atoms with van der Waals surface area (Å²) in [5.74, 6) is 0.262. The third-order valence-corrected chi connectivity index (χ3v) is 4.02. The molecule has 0 aliphatic carbocycles. The number of hydrogen-bond acceptors (Lipinski definition) is 2. The molecule has 2 aromatic rings. The average molecular weight is 246 g/mol. The van der Waals surface area contributed by atoms with Crippen LogP contribution in [0.25, 0.3) is 0 Å². The van der Waals surface area contributed by atoms with E-state index >= 15 is 0 Å². The van der Waals surface area contributed by atoms with Gasteiger partial charge in [0.15, 0.2) is 0 Å². The molecule has 1 aromatic heterocycles. The first-order valence-corrected chi connectivity index (χ1v) is 6.87. The summed E-state index contributed by atoms with van der Waals surface area (Å²) < 4.78 is 0. The normalized spacial score (nSPS) is 12.6. The molecule has 1 heterocycles. The Bertz CT molecular complexity index is 430. The first-order valence-electron chi connectivity index (χ1n) is 5.99. The van der Waals surface area contributed by atoms with Crippen molar-refractivity contribution >= 4 is 11.3 Å². The third kappa shape index (κ3) is 3.42. The van der Waals surface area contributed by atoms with E-state index in [9.17, 15) is 5.11 Å². The molecule has 0 fully saturated rings. The van der Waals surface area contributed by atoms with E-state index in [4.69, 9.17) is 0 Å². The van der Waals surface area contributed by atoms with Crippen LogP contribution in [0.1, 0.15) is 28.3 Å². The Morgan fingerprint density at radius 2 is 1.94 bits per heavy atom. The standard InChI is InChI=1S/C15H18OS/c1-12-4-6-13(7-5-12)14(11-16)8-9-15-3-2-10-17-15/h2-7,10,14,16H,8-9,11H2,1H3. The Labute approximate surface area is 107 Å². The highest BCUT2D eigenvalue weighted by atomic mass is 32.1. The summed E-state index contributed by atoms with van der Waals surface area (Å²) in [5, 5.41) is 11.6. The highest BCUT2D eigenvalue weighted by molar-refractivity contribution is 7.09. The lowest BCUT2D eigenvalue weighted by atomic mass is 9.94. The maximum absolute atomic E-state index is 9.48. The number of hydrogen-bond donors (Lipinski definition) is 1. The van der Waals surface area contributed by atoms with E-state index in [2.05, 4.69) is 48.7 Å². The maximum Gasteiger partial charge on any atom is 0.0499 e. The Hall–Kier alpha value is -1.12. The van der Waals surface area contributed by atoms with Crippen LogP contribution < -0.4 is 0 Å². The molecule has 1 atom stereocenters. The van der Waals surface area contributed by atoms with Crippen molar-refractivity contribution in [3.05, 3.63) is 57.8 Å². The summed E-state index contributed by atoms with van der Waals surface area (Å²) in [7, 11) is 0. The third-order valence-electron chi connectivity index (χ3n) is 3.09. The molecule has 0 aliphatic heterocycles. The van der Waals surface area contributed by atoms with E-state index in [-0.39, 0.29) is 12.5 Å². The second-order valence-corrected chi connectivity index (χ2v) is 5.44. The number of rotatable bonds is 5. The Kier molecular flexibility index (Phi) is 4.35. The summed E-state index contributed by atoms with van der Waals surface area (Å²) >= 11 is 1.79. The molecule has 17 heavy (non-hydrogen) atoms. The fraction of sp³-hybridized carbons (Fsp3) is 0.333. The molecule has 1 unspecified atom stereocenters. The SMILES string of the molecule is Cc1ccc(C(CO)CCc2cccs2)cc1. The summed E-state index contributed by atoms with van der Waals surface area (Å²) in [6.45, 7) is 2.32. The number of aliphatic hydroxyl groups excluding tert-OH is 1. The Balaban J connectivity index is 1.99. The van der Waals surface area contributed by atoms with E-state index in [1.165, 1.54) is 16.0 Å². The van der Waals surface area contributed by atoms with Gasteiger partial charge in [-0.25, -0.2) is 0 Å². The molecule has 0 aliphatic rings. The van der Waals surface area contributed by atoms with Crippen molar-refractivity contribution in [2.75, 3.05) is 6.61 Å². The van der Waals surface area contributed by atoms with Crippen LogP contribution in [-0.2, 0) is 6.42 Å². The van der Waals surface area contributed by atoms with Crippen molar-refractivity contribution in [3.8, 4) is 0 Å². The van der Waals surface area contributed by atoms with Gasteiger partial charge in [-0.05, 0) is 36.8 Å². The summed E-state index contributed by atoms with van der Waals surface area (Å²) in [6.07, 6.45) is 2.07. The van der Waals surface area contributed by atoms with Gasteiger partial charge in [0.2, 0.25) is 0 Å². The molecule has 2 heteroatoms. The molecule has 0 amide bonds. The molecule has 0 spiro atoms. The van der Waals surface area contributed by atoms with Crippen molar-refractivity contribution in [2.24, 2.45) is 0 Å². The Morgan fingerprint density at radius 1 is 1.18 bits per heavy atom. The molecule has 0 saturated carbocycles. The van der Waals surface area contributed by atoms with Crippen molar-refractivity contribution in [3.63, 3.8) is 0 Å². The van der Waals surface area contributed by atoms with Gasteiger partial charge in [-0.1, -0.05) is 35.9 Å². The van der Waals surface area contributed by atoms with Crippen LogP contribution >= 0.6 is 11.3 Å². The quantitative estimate of drug-likeness (QED) is 0.851. The molecular weight excluding hydrogens is 228 g/mol. The second-order valence-electron chi connectivity index (χ2n) is 4.41. The minimum absolute atomic E-state index is 0.231. The molecule has 1 N–H and O–H groups in total. The second kappa shape index (κ2) is 5.99.